The lowest BCUT2D eigenvalue weighted by Gasteiger charge is -2.21. The molecule has 0 saturated heterocycles. The van der Waals surface area contributed by atoms with Crippen molar-refractivity contribution in [2.45, 2.75) is 93.8 Å². The molecule has 0 bridgehead atoms. The third-order valence-corrected chi connectivity index (χ3v) is 25.3. The van der Waals surface area contributed by atoms with E-state index < -0.39 is 74.4 Å². The summed E-state index contributed by atoms with van der Waals surface area (Å²) in [5, 5.41) is 37.0. The fourth-order valence-electron chi connectivity index (χ4n) is 11.5. The normalized spacial score (nSPS) is 11.8. The van der Waals surface area contributed by atoms with Crippen LogP contribution < -0.4 is 0 Å². The number of H-pyrrole nitrogens is 4. The molecule has 15 rings (SSSR count). The Morgan fingerprint density at radius 1 is 0.400 bits per heavy atom. The van der Waals surface area contributed by atoms with Crippen LogP contribution in [0, 0.1) is 0 Å². The second-order valence-electron chi connectivity index (χ2n) is 28.7. The number of aliphatic hydroxyl groups is 1. The van der Waals surface area contributed by atoms with E-state index in [1.165, 1.54) is 36.4 Å². The van der Waals surface area contributed by atoms with E-state index in [9.17, 15) is 65.6 Å². The number of carboxylic acid groups (broad SMARTS) is 2. The highest BCUT2D eigenvalue weighted by molar-refractivity contribution is 9.11. The summed E-state index contributed by atoms with van der Waals surface area (Å²) in [5.41, 5.74) is 6.14. The van der Waals surface area contributed by atoms with Crippen LogP contribution in [0.5, 0.6) is 0 Å². The van der Waals surface area contributed by atoms with Crippen LogP contribution in [-0.4, -0.2) is 103 Å². The van der Waals surface area contributed by atoms with Crippen LogP contribution in [-0.2, 0) is 55.6 Å². The van der Waals surface area contributed by atoms with Crippen LogP contribution in [0.3, 0.4) is 0 Å². The molecule has 39 heteroatoms. The first-order valence-corrected chi connectivity index (χ1v) is 47.8. The predicted molar refractivity (Wildman–Crippen MR) is 537 cm³/mol. The predicted octanol–water partition coefficient (Wildman–Crippen LogP) is 30.0. The van der Waals surface area contributed by atoms with E-state index in [1.807, 2.05) is 66.9 Å². The third-order valence-electron chi connectivity index (χ3n) is 17.2. The Labute approximate surface area is 847 Å². The van der Waals surface area contributed by atoms with Crippen LogP contribution in [0.15, 0.2) is 251 Å². The Balaban J connectivity index is 0.000000210. The van der Waals surface area contributed by atoms with E-state index in [2.05, 4.69) is 83.7 Å². The highest BCUT2D eigenvalue weighted by Crippen LogP contribution is 2.42. The summed E-state index contributed by atoms with van der Waals surface area (Å²) in [5.74, 6) is -3.35. The molecule has 11 aromatic carbocycles. The van der Waals surface area contributed by atoms with E-state index in [4.69, 9.17) is 149 Å². The standard InChI is InChI=1S/C20H17BrCl3NO3.2C16H9BrCl3NO2.C12H12Cl2O3.C8H5BrClN.3C6H6O2S.CH4/c1-20(2,3)28-19(27)10-4-5-12(22)16(17(10)24)18(26)15-8-11-13(23)6-9(21)7-14(11)25-15;2*17-7-3-13(19)10-5-8(21-14(10)4-7)6-11-12(18)2-1-9(15(11)20)16(22)23;1-12(2,3)17-11(16)7-4-5-9(13)8(6-15)10(7)14;9-5-3-7(10)6-1-2-11-8(6)4-5;3*7-9(8)6-4-2-1-3-5-6;/h4-8,18,25-26H,1-3H3;2*1-5,21H,6H2,(H,22,23);4-6H,1-3H3;1-4,11H;3*1-5H,(H,7,8);1H4/p-3. The summed E-state index contributed by atoms with van der Waals surface area (Å²) in [4.78, 5) is 71.2. The minimum absolute atomic E-state index is 0. The summed E-state index contributed by atoms with van der Waals surface area (Å²) in [6.45, 7) is 10.5. The monoisotopic (exact) mass is 2310 g/mol. The quantitative estimate of drug-likeness (QED) is 0.0302. The van der Waals surface area contributed by atoms with Crippen LogP contribution in [0.1, 0.15) is 141 Å². The number of esters is 2. The number of nitrogens with one attached hydrogen (secondary N) is 4. The van der Waals surface area contributed by atoms with Crippen molar-refractivity contribution < 1.29 is 75.1 Å². The summed E-state index contributed by atoms with van der Waals surface area (Å²) >= 11 is 81.2. The van der Waals surface area contributed by atoms with Crippen molar-refractivity contribution in [1.82, 2.24) is 19.9 Å². The summed E-state index contributed by atoms with van der Waals surface area (Å²) < 4.78 is 75.3. The van der Waals surface area contributed by atoms with E-state index in [-0.39, 0.29) is 70.9 Å². The van der Waals surface area contributed by atoms with Crippen LogP contribution in [0.4, 0.5) is 0 Å². The molecule has 4 heterocycles. The molecule has 130 heavy (non-hydrogen) atoms. The van der Waals surface area contributed by atoms with Gasteiger partial charge in [0, 0.05) is 133 Å². The molecular weight excluding hydrogens is 2250 g/mol. The number of aldehydes is 1. The van der Waals surface area contributed by atoms with Gasteiger partial charge in [0.15, 0.2) is 6.29 Å². The Hall–Kier alpha value is -7.18. The number of ether oxygens (including phenoxy) is 2. The molecule has 0 amide bonds. The fourth-order valence-corrected chi connectivity index (χ4v) is 18.5. The zero-order valence-corrected chi connectivity index (χ0v) is 85.1. The van der Waals surface area contributed by atoms with E-state index >= 15 is 0 Å². The Bertz CT molecular complexity index is 6410. The Morgan fingerprint density at radius 2 is 0.723 bits per heavy atom. The number of aromatic amines is 4. The topological polar surface area (TPSA) is 348 Å². The van der Waals surface area contributed by atoms with Gasteiger partial charge in [0.1, 0.15) is 17.3 Å². The molecule has 0 radical (unpaired) electrons. The lowest BCUT2D eigenvalue weighted by atomic mass is 10.0. The molecule has 4 aromatic heterocycles. The molecule has 20 nitrogen and oxygen atoms in total. The van der Waals surface area contributed by atoms with Gasteiger partial charge >= 0.3 is 23.9 Å². The summed E-state index contributed by atoms with van der Waals surface area (Å²) in [7, 11) is 0. The van der Waals surface area contributed by atoms with Crippen LogP contribution in [0.2, 0.25) is 60.3 Å². The number of rotatable bonds is 14. The number of aromatic nitrogens is 4. The van der Waals surface area contributed by atoms with Gasteiger partial charge in [0.2, 0.25) is 0 Å². The Kier molecular flexibility index (Phi) is 42.6. The highest BCUT2D eigenvalue weighted by atomic mass is 79.9. The molecule has 0 saturated carbocycles. The maximum Gasteiger partial charge on any atom is 0.340 e. The Morgan fingerprint density at radius 3 is 1.07 bits per heavy atom. The van der Waals surface area contributed by atoms with Gasteiger partial charge in [-0.1, -0.05) is 265 Å². The maximum absolute atomic E-state index is 12.5. The number of carbonyl (C=O) groups excluding carboxylic acids is 3. The number of hydrogen-bond acceptors (Lipinski definition) is 14. The molecule has 684 valence electrons. The smallest absolute Gasteiger partial charge is 0.340 e. The second kappa shape index (κ2) is 50.4. The lowest BCUT2D eigenvalue weighted by molar-refractivity contribution is 0.00570. The zero-order chi connectivity index (χ0) is 95.4. The molecule has 0 aliphatic heterocycles. The van der Waals surface area contributed by atoms with E-state index in [0.29, 0.717) is 75.7 Å². The number of fused-ring (bicyclic) bond motifs is 4. The molecule has 4 atom stereocenters. The molecule has 7 N–H and O–H groups in total. The third kappa shape index (κ3) is 31.5. The van der Waals surface area contributed by atoms with Gasteiger partial charge in [-0.05, 0) is 244 Å². The number of carboxylic acids is 2. The number of aliphatic hydroxyl groups excluding tert-OH is 1. The summed E-state index contributed by atoms with van der Waals surface area (Å²) in [6.07, 6.45) is 1.95. The van der Waals surface area contributed by atoms with Crippen molar-refractivity contribution >= 4 is 310 Å². The van der Waals surface area contributed by atoms with Crippen LogP contribution >= 0.6 is 203 Å². The fraction of sp³-hybridized carbons (Fsp3) is 0.132. The van der Waals surface area contributed by atoms with Gasteiger partial charge in [0.05, 0.1) is 73.0 Å². The SMILES string of the molecule is C.CC(C)(C)OC(=O)c1ccc(Cl)c(C(O)c2cc3c(Cl)cc(Br)cc3[nH]2)c1Cl.CC(C)(C)OC(=O)c1ccc(Cl)c(C=O)c1Cl.Clc1cc(Br)cc2[nH]ccc12.O=C(O)c1ccc(Cl)c(Cc2cc3c(Cl)cc(Br)cc3[nH]2)c1Cl.O=C(O)c1ccc(Cl)c(Cc2cc3c(Cl)cc(Br)cc3[nH]2)c1Cl.O=S([O-])c1ccccc1.O=S([O-])c1ccccc1.O=S([O-])c1ccccc1. The van der Waals surface area contributed by atoms with Crippen molar-refractivity contribution in [2.75, 3.05) is 0 Å². The van der Waals surface area contributed by atoms with Gasteiger partial charge in [-0.15, -0.1) is 0 Å². The van der Waals surface area contributed by atoms with Crippen LogP contribution in [0.25, 0.3) is 43.6 Å². The van der Waals surface area contributed by atoms with Gasteiger partial charge in [-0.25, -0.2) is 19.2 Å². The summed E-state index contributed by atoms with van der Waals surface area (Å²) in [6, 6.07) is 58.9. The van der Waals surface area contributed by atoms with E-state index in [0.717, 1.165) is 77.9 Å². The molecule has 0 fully saturated rings. The molecule has 4 unspecified atom stereocenters. The van der Waals surface area contributed by atoms with Gasteiger partial charge in [-0.2, -0.15) is 0 Å². The highest BCUT2D eigenvalue weighted by Gasteiger charge is 2.29. The molecule has 0 aliphatic rings. The van der Waals surface area contributed by atoms with Crippen molar-refractivity contribution in [2.24, 2.45) is 0 Å². The van der Waals surface area contributed by atoms with E-state index in [1.54, 1.807) is 157 Å². The largest absolute Gasteiger partial charge is 0.768 e. The van der Waals surface area contributed by atoms with Gasteiger partial charge in [0.25, 0.3) is 0 Å². The van der Waals surface area contributed by atoms with Crippen molar-refractivity contribution in [3.05, 3.63) is 358 Å². The van der Waals surface area contributed by atoms with Crippen molar-refractivity contribution in [3.8, 4) is 0 Å². The number of aromatic carboxylic acids is 2. The molecule has 15 aromatic rings. The van der Waals surface area contributed by atoms with Crippen molar-refractivity contribution in [1.29, 1.82) is 0 Å². The minimum atomic E-state index is -2.08. The zero-order valence-electron chi connectivity index (χ0n) is 67.3. The molecule has 0 aliphatic carbocycles. The first-order valence-electron chi connectivity index (χ1n) is 36.9. The van der Waals surface area contributed by atoms with Gasteiger partial charge < -0.3 is 58.4 Å². The number of carbonyl (C=O) groups is 5. The van der Waals surface area contributed by atoms with Crippen molar-refractivity contribution in [3.63, 3.8) is 0 Å². The number of benzene rings is 11. The second-order valence-corrected chi connectivity index (χ2v) is 40.0. The minimum Gasteiger partial charge on any atom is -0.768 e. The lowest BCUT2D eigenvalue weighted by Crippen LogP contribution is -2.24. The maximum atomic E-state index is 12.5. The number of halogens is 16. The van der Waals surface area contributed by atoms with Gasteiger partial charge in [-0.3, -0.25) is 17.4 Å². The average Bonchev–Trinajstić information content (AvgIpc) is 1.63. The first-order chi connectivity index (χ1) is 60.6. The first kappa shape index (κ1) is 110. The average molecular weight is 2320 g/mol. The number of hydrogen-bond donors (Lipinski definition) is 7. The molecular formula is C91H71Br4Cl12N4O16S3-3. The molecule has 0 spiro atoms.